The van der Waals surface area contributed by atoms with Gasteiger partial charge in [0, 0.05) is 5.56 Å². The highest BCUT2D eigenvalue weighted by atomic mass is 32.2. The van der Waals surface area contributed by atoms with Crippen molar-refractivity contribution in [1.82, 2.24) is 0 Å². The Morgan fingerprint density at radius 1 is 1.14 bits per heavy atom. The maximum atomic E-state index is 12.6. The van der Waals surface area contributed by atoms with Crippen molar-refractivity contribution in [2.45, 2.75) is 22.4 Å². The average molecular weight is 315 g/mol. The molecule has 3 rings (SSSR count). The lowest BCUT2D eigenvalue weighted by Gasteiger charge is -2.21. The van der Waals surface area contributed by atoms with Crippen LogP contribution in [0.15, 0.2) is 53.4 Å². The number of aliphatic hydroxyl groups is 2. The smallest absolute Gasteiger partial charge is 0.187 e. The highest BCUT2D eigenvalue weighted by Crippen LogP contribution is 2.44. The predicted octanol–water partition coefficient (Wildman–Crippen LogP) is 1.48. The number of sulfone groups is 1. The summed E-state index contributed by atoms with van der Waals surface area (Å²) in [6.07, 6.45) is -2.72. The fourth-order valence-electron chi connectivity index (χ4n) is 2.78. The molecule has 0 aromatic heterocycles. The van der Waals surface area contributed by atoms with Gasteiger partial charge in [0.15, 0.2) is 9.84 Å². The van der Waals surface area contributed by atoms with Crippen molar-refractivity contribution < 1.29 is 18.6 Å². The molecule has 0 saturated heterocycles. The van der Waals surface area contributed by atoms with E-state index in [9.17, 15) is 18.6 Å². The average Bonchev–Trinajstić information content (AvgIpc) is 2.73. The first-order valence-electron chi connectivity index (χ1n) is 6.66. The number of hydrogen-bond acceptors (Lipinski definition) is 5. The summed E-state index contributed by atoms with van der Waals surface area (Å²) in [5.41, 5.74) is 0.852. The van der Waals surface area contributed by atoms with Crippen LogP contribution in [0.3, 0.4) is 0 Å². The molecule has 3 unspecified atom stereocenters. The molecule has 1 heterocycles. The van der Waals surface area contributed by atoms with Gasteiger partial charge in [-0.3, -0.25) is 0 Å². The summed E-state index contributed by atoms with van der Waals surface area (Å²) in [6.45, 7) is 0. The molecule has 2 aromatic carbocycles. The van der Waals surface area contributed by atoms with E-state index in [0.29, 0.717) is 5.56 Å². The molecule has 6 heteroatoms. The number of nitriles is 1. The summed E-state index contributed by atoms with van der Waals surface area (Å²) in [5, 5.41) is 28.3. The first kappa shape index (κ1) is 14.7. The van der Waals surface area contributed by atoms with E-state index in [-0.39, 0.29) is 16.0 Å². The molecule has 0 radical (unpaired) electrons. The van der Waals surface area contributed by atoms with Gasteiger partial charge in [0.25, 0.3) is 0 Å². The molecule has 0 saturated carbocycles. The fourth-order valence-corrected chi connectivity index (χ4v) is 4.83. The van der Waals surface area contributed by atoms with Crippen LogP contribution in [0.1, 0.15) is 28.9 Å². The summed E-state index contributed by atoms with van der Waals surface area (Å²) in [5.74, 6) is 0. The number of aliphatic hydroxyl groups excluding tert-OH is 2. The Kier molecular flexibility index (Phi) is 3.49. The molecule has 22 heavy (non-hydrogen) atoms. The number of benzene rings is 2. The highest BCUT2D eigenvalue weighted by molar-refractivity contribution is 7.92. The predicted molar refractivity (Wildman–Crippen MR) is 78.5 cm³/mol. The summed E-state index contributed by atoms with van der Waals surface area (Å²) >= 11 is 0. The van der Waals surface area contributed by atoms with Crippen molar-refractivity contribution in [2.75, 3.05) is 0 Å². The van der Waals surface area contributed by atoms with Crippen LogP contribution in [-0.2, 0) is 9.84 Å². The van der Waals surface area contributed by atoms with Gasteiger partial charge in [0.1, 0.15) is 11.4 Å². The summed E-state index contributed by atoms with van der Waals surface area (Å²) in [4.78, 5) is -0.0287. The van der Waals surface area contributed by atoms with E-state index in [2.05, 4.69) is 0 Å². The Morgan fingerprint density at radius 2 is 1.82 bits per heavy atom. The fraction of sp³-hybridized carbons (Fsp3) is 0.188. The van der Waals surface area contributed by atoms with E-state index in [4.69, 9.17) is 5.26 Å². The van der Waals surface area contributed by atoms with Crippen molar-refractivity contribution in [3.8, 4) is 6.07 Å². The summed E-state index contributed by atoms with van der Waals surface area (Å²) in [6, 6.07) is 14.3. The maximum absolute atomic E-state index is 12.6. The third-order valence-electron chi connectivity index (χ3n) is 3.89. The minimum absolute atomic E-state index is 0.0287. The number of rotatable bonds is 2. The largest absolute Gasteiger partial charge is 0.387 e. The third-order valence-corrected chi connectivity index (χ3v) is 6.10. The molecular formula is C16H13NO4S. The first-order valence-corrected chi connectivity index (χ1v) is 8.20. The van der Waals surface area contributed by atoms with Crippen molar-refractivity contribution in [1.29, 1.82) is 5.26 Å². The molecule has 5 nitrogen and oxygen atoms in total. The van der Waals surface area contributed by atoms with E-state index >= 15 is 0 Å². The van der Waals surface area contributed by atoms with Gasteiger partial charge in [-0.25, -0.2) is 8.42 Å². The van der Waals surface area contributed by atoms with Crippen molar-refractivity contribution in [2.24, 2.45) is 0 Å². The van der Waals surface area contributed by atoms with Gasteiger partial charge in [0.05, 0.1) is 22.6 Å². The number of fused-ring (bicyclic) bond motifs is 1. The van der Waals surface area contributed by atoms with Crippen LogP contribution in [-0.4, -0.2) is 23.9 Å². The lowest BCUT2D eigenvalue weighted by Crippen LogP contribution is -2.28. The molecule has 0 aliphatic carbocycles. The van der Waals surface area contributed by atoms with Gasteiger partial charge in [0.2, 0.25) is 0 Å². The highest BCUT2D eigenvalue weighted by Gasteiger charge is 2.48. The van der Waals surface area contributed by atoms with Gasteiger partial charge in [-0.05, 0) is 23.8 Å². The van der Waals surface area contributed by atoms with Crippen LogP contribution in [0.2, 0.25) is 0 Å². The quantitative estimate of drug-likeness (QED) is 0.874. The van der Waals surface area contributed by atoms with Crippen molar-refractivity contribution >= 4 is 9.84 Å². The second kappa shape index (κ2) is 5.21. The zero-order valence-electron chi connectivity index (χ0n) is 11.4. The van der Waals surface area contributed by atoms with Crippen molar-refractivity contribution in [3.05, 3.63) is 65.2 Å². The second-order valence-corrected chi connectivity index (χ2v) is 7.25. The van der Waals surface area contributed by atoms with Crippen LogP contribution in [0.4, 0.5) is 0 Å². The molecule has 0 fully saturated rings. The zero-order valence-corrected chi connectivity index (χ0v) is 12.2. The van der Waals surface area contributed by atoms with Gasteiger partial charge < -0.3 is 10.2 Å². The van der Waals surface area contributed by atoms with Crippen LogP contribution >= 0.6 is 0 Å². The van der Waals surface area contributed by atoms with Crippen LogP contribution < -0.4 is 0 Å². The van der Waals surface area contributed by atoms with Gasteiger partial charge in [-0.15, -0.1) is 0 Å². The molecular weight excluding hydrogens is 302 g/mol. The van der Waals surface area contributed by atoms with E-state index in [1.54, 1.807) is 30.3 Å². The van der Waals surface area contributed by atoms with Crippen LogP contribution in [0, 0.1) is 11.3 Å². The van der Waals surface area contributed by atoms with Crippen LogP contribution in [0.25, 0.3) is 0 Å². The molecule has 1 aliphatic rings. The number of hydrogen-bond donors (Lipinski definition) is 2. The lowest BCUT2D eigenvalue weighted by molar-refractivity contribution is 0.0887. The molecule has 2 aromatic rings. The molecule has 0 bridgehead atoms. The molecule has 112 valence electrons. The van der Waals surface area contributed by atoms with Crippen LogP contribution in [0.5, 0.6) is 0 Å². The Balaban J connectivity index is 2.10. The Bertz CT molecular complexity index is 855. The maximum Gasteiger partial charge on any atom is 0.187 e. The minimum atomic E-state index is -3.88. The van der Waals surface area contributed by atoms with Gasteiger partial charge in [-0.1, -0.05) is 30.3 Å². The minimum Gasteiger partial charge on any atom is -0.387 e. The Hall–Kier alpha value is -2.20. The Labute approximate surface area is 128 Å². The monoisotopic (exact) mass is 315 g/mol. The zero-order chi connectivity index (χ0) is 15.9. The molecule has 3 atom stereocenters. The SMILES string of the molecule is N#Cc1ccc2c(c1)C(O)C(C(O)c1ccccc1)S2(=O)=O. The van der Waals surface area contributed by atoms with E-state index < -0.39 is 27.3 Å². The number of nitrogens with zero attached hydrogens (tertiary/aromatic N) is 1. The van der Waals surface area contributed by atoms with E-state index in [1.165, 1.54) is 18.2 Å². The van der Waals surface area contributed by atoms with Gasteiger partial charge >= 0.3 is 0 Å². The van der Waals surface area contributed by atoms with E-state index in [1.807, 2.05) is 6.07 Å². The summed E-state index contributed by atoms with van der Waals surface area (Å²) in [7, 11) is -3.88. The normalized spacial score (nSPS) is 23.5. The second-order valence-electron chi connectivity index (χ2n) is 5.17. The topological polar surface area (TPSA) is 98.4 Å². The molecule has 2 N–H and O–H groups in total. The Morgan fingerprint density at radius 3 is 2.45 bits per heavy atom. The first-order chi connectivity index (χ1) is 10.5. The summed E-state index contributed by atoms with van der Waals surface area (Å²) < 4.78 is 25.2. The molecule has 1 aliphatic heterocycles. The molecule has 0 spiro atoms. The molecule has 0 amide bonds. The van der Waals surface area contributed by atoms with E-state index in [0.717, 1.165) is 0 Å². The standard InChI is InChI=1S/C16H13NO4S/c17-9-10-6-7-13-12(8-10)15(19)16(22(13,20)21)14(18)11-4-2-1-3-5-11/h1-8,14-16,18-19H. The van der Waals surface area contributed by atoms with Gasteiger partial charge in [-0.2, -0.15) is 5.26 Å². The lowest BCUT2D eigenvalue weighted by atomic mass is 9.98. The third kappa shape index (κ3) is 2.11. The van der Waals surface area contributed by atoms with Crippen molar-refractivity contribution in [3.63, 3.8) is 0 Å².